The van der Waals surface area contributed by atoms with Crippen LogP contribution in [-0.2, 0) is 19.4 Å². The summed E-state index contributed by atoms with van der Waals surface area (Å²) in [5.41, 5.74) is 2.61. The van der Waals surface area contributed by atoms with Gasteiger partial charge in [-0.3, -0.25) is 9.69 Å². The van der Waals surface area contributed by atoms with Crippen LogP contribution in [-0.4, -0.2) is 45.9 Å². The highest BCUT2D eigenvalue weighted by atomic mass is 32.2. The molecule has 2 aromatic carbocycles. The highest BCUT2D eigenvalue weighted by molar-refractivity contribution is 7.90. The molecule has 0 aliphatic carbocycles. The van der Waals surface area contributed by atoms with Gasteiger partial charge < -0.3 is 9.64 Å². The number of anilines is 2. The molecular formula is C21H24N2O5S. The van der Waals surface area contributed by atoms with Crippen LogP contribution in [0, 0.1) is 0 Å². The van der Waals surface area contributed by atoms with Crippen LogP contribution in [0.5, 0.6) is 0 Å². The predicted octanol–water partition coefficient (Wildman–Crippen LogP) is 3.48. The number of carbonyl (C=O) groups is 2. The van der Waals surface area contributed by atoms with E-state index in [4.69, 9.17) is 4.74 Å². The maximum atomic E-state index is 12.5. The molecule has 1 aliphatic rings. The molecule has 0 saturated heterocycles. The van der Waals surface area contributed by atoms with E-state index in [9.17, 15) is 18.0 Å². The van der Waals surface area contributed by atoms with Gasteiger partial charge in [-0.05, 0) is 49.2 Å². The number of sulfone groups is 1. The summed E-state index contributed by atoms with van der Waals surface area (Å²) >= 11 is 0. The molecule has 1 unspecified atom stereocenters. The van der Waals surface area contributed by atoms with Crippen LogP contribution < -0.4 is 9.80 Å². The molecule has 8 heteroatoms. The van der Waals surface area contributed by atoms with Gasteiger partial charge in [-0.1, -0.05) is 18.2 Å². The highest BCUT2D eigenvalue weighted by Gasteiger charge is 2.34. The largest absolute Gasteiger partial charge is 0.449 e. The summed E-state index contributed by atoms with van der Waals surface area (Å²) in [6, 6.07) is 11.8. The number of amides is 2. The lowest BCUT2D eigenvalue weighted by Gasteiger charge is -2.40. The van der Waals surface area contributed by atoms with E-state index in [1.165, 1.54) is 11.8 Å². The zero-order valence-electron chi connectivity index (χ0n) is 16.9. The third-order valence-electron chi connectivity index (χ3n) is 4.84. The maximum Gasteiger partial charge on any atom is 0.414 e. The smallest absolute Gasteiger partial charge is 0.414 e. The van der Waals surface area contributed by atoms with Crippen LogP contribution in [0.2, 0.25) is 0 Å². The van der Waals surface area contributed by atoms with Crippen molar-refractivity contribution in [2.24, 2.45) is 0 Å². The standard InChI is InChI=1S/C21H24N2O5S/c1-5-28-21(25)22-13-14(2)23(15(3)24)19-10-9-17(12-20(19)22)16-7-6-8-18(11-16)29(4,26)27/h6-12,14H,5,13H2,1-4H3. The average Bonchev–Trinajstić information content (AvgIpc) is 2.66. The first-order chi connectivity index (χ1) is 13.6. The van der Waals surface area contributed by atoms with Crippen molar-refractivity contribution in [3.05, 3.63) is 42.5 Å². The molecule has 2 amide bonds. The fourth-order valence-corrected chi connectivity index (χ4v) is 4.23. The summed E-state index contributed by atoms with van der Waals surface area (Å²) in [6.07, 6.45) is 0.680. The van der Waals surface area contributed by atoms with E-state index < -0.39 is 15.9 Å². The third kappa shape index (κ3) is 4.12. The Morgan fingerprint density at radius 3 is 2.41 bits per heavy atom. The Morgan fingerprint density at radius 2 is 1.79 bits per heavy atom. The van der Waals surface area contributed by atoms with Crippen LogP contribution in [0.4, 0.5) is 16.2 Å². The third-order valence-corrected chi connectivity index (χ3v) is 5.95. The van der Waals surface area contributed by atoms with Crippen LogP contribution >= 0.6 is 0 Å². The SMILES string of the molecule is CCOC(=O)N1CC(C)N(C(C)=O)c2ccc(-c3cccc(S(C)(=O)=O)c3)cc21. The lowest BCUT2D eigenvalue weighted by atomic mass is 10.0. The van der Waals surface area contributed by atoms with Crippen molar-refractivity contribution >= 4 is 33.2 Å². The normalized spacial score (nSPS) is 16.3. The lowest BCUT2D eigenvalue weighted by Crippen LogP contribution is -2.51. The zero-order valence-corrected chi connectivity index (χ0v) is 17.7. The Labute approximate surface area is 170 Å². The van der Waals surface area contributed by atoms with Crippen molar-refractivity contribution in [1.29, 1.82) is 0 Å². The monoisotopic (exact) mass is 416 g/mol. The summed E-state index contributed by atoms with van der Waals surface area (Å²) in [5, 5.41) is 0. The Kier molecular flexibility index (Phi) is 5.66. The first-order valence-electron chi connectivity index (χ1n) is 9.32. The van der Waals surface area contributed by atoms with Gasteiger partial charge >= 0.3 is 6.09 Å². The van der Waals surface area contributed by atoms with Gasteiger partial charge in [-0.2, -0.15) is 0 Å². The maximum absolute atomic E-state index is 12.5. The van der Waals surface area contributed by atoms with E-state index in [1.807, 2.05) is 13.0 Å². The van der Waals surface area contributed by atoms with Gasteiger partial charge in [0.2, 0.25) is 5.91 Å². The number of carbonyl (C=O) groups excluding carboxylic acids is 2. The van der Waals surface area contributed by atoms with Gasteiger partial charge in [-0.25, -0.2) is 13.2 Å². The topological polar surface area (TPSA) is 84.0 Å². The van der Waals surface area contributed by atoms with E-state index >= 15 is 0 Å². The van der Waals surface area contributed by atoms with Crippen LogP contribution in [0.1, 0.15) is 20.8 Å². The number of ether oxygens (including phenoxy) is 1. The molecule has 3 rings (SSSR count). The number of rotatable bonds is 3. The lowest BCUT2D eigenvalue weighted by molar-refractivity contribution is -0.117. The molecule has 0 saturated carbocycles. The molecule has 2 aromatic rings. The van der Waals surface area contributed by atoms with E-state index in [1.54, 1.807) is 48.2 Å². The molecule has 0 spiro atoms. The molecule has 0 fully saturated rings. The second-order valence-electron chi connectivity index (χ2n) is 7.05. The molecule has 0 radical (unpaired) electrons. The van der Waals surface area contributed by atoms with Gasteiger partial charge in [-0.15, -0.1) is 0 Å². The van der Waals surface area contributed by atoms with Crippen molar-refractivity contribution in [3.8, 4) is 11.1 Å². The Morgan fingerprint density at radius 1 is 1.10 bits per heavy atom. The summed E-state index contributed by atoms with van der Waals surface area (Å²) in [7, 11) is -3.35. The van der Waals surface area contributed by atoms with Crippen molar-refractivity contribution in [1.82, 2.24) is 0 Å². The highest BCUT2D eigenvalue weighted by Crippen LogP contribution is 2.39. The molecule has 0 aromatic heterocycles. The number of benzene rings is 2. The van der Waals surface area contributed by atoms with Crippen LogP contribution in [0.3, 0.4) is 0 Å². The van der Waals surface area contributed by atoms with Crippen LogP contribution in [0.25, 0.3) is 11.1 Å². The molecule has 0 N–H and O–H groups in total. The second kappa shape index (κ2) is 7.87. The average molecular weight is 416 g/mol. The van der Waals surface area contributed by atoms with Crippen molar-refractivity contribution in [2.75, 3.05) is 29.2 Å². The quantitative estimate of drug-likeness (QED) is 0.765. The summed E-state index contributed by atoms with van der Waals surface area (Å²) in [4.78, 5) is 28.1. The molecule has 7 nitrogen and oxygen atoms in total. The van der Waals surface area contributed by atoms with Gasteiger partial charge in [0.15, 0.2) is 9.84 Å². The van der Waals surface area contributed by atoms with Crippen molar-refractivity contribution < 1.29 is 22.7 Å². The fourth-order valence-electron chi connectivity index (χ4n) is 3.57. The first-order valence-corrected chi connectivity index (χ1v) is 11.2. The molecule has 1 atom stereocenters. The minimum Gasteiger partial charge on any atom is -0.449 e. The molecule has 154 valence electrons. The summed E-state index contributed by atoms with van der Waals surface area (Å²) in [5.74, 6) is -0.117. The van der Waals surface area contributed by atoms with Gasteiger partial charge in [0, 0.05) is 19.7 Å². The molecule has 0 bridgehead atoms. The van der Waals surface area contributed by atoms with Gasteiger partial charge in [0.1, 0.15) is 0 Å². The molecule has 1 heterocycles. The number of hydrogen-bond donors (Lipinski definition) is 0. The van der Waals surface area contributed by atoms with Crippen LogP contribution in [0.15, 0.2) is 47.4 Å². The van der Waals surface area contributed by atoms with Gasteiger partial charge in [0.05, 0.1) is 28.9 Å². The van der Waals surface area contributed by atoms with E-state index in [2.05, 4.69) is 0 Å². The summed E-state index contributed by atoms with van der Waals surface area (Å²) in [6.45, 7) is 5.65. The van der Waals surface area contributed by atoms with E-state index in [0.717, 1.165) is 11.8 Å². The zero-order chi connectivity index (χ0) is 21.3. The molecule has 1 aliphatic heterocycles. The van der Waals surface area contributed by atoms with Gasteiger partial charge in [0.25, 0.3) is 0 Å². The van der Waals surface area contributed by atoms with E-state index in [0.29, 0.717) is 23.5 Å². The summed E-state index contributed by atoms with van der Waals surface area (Å²) < 4.78 is 29.0. The van der Waals surface area contributed by atoms with Crippen molar-refractivity contribution in [3.63, 3.8) is 0 Å². The molecule has 29 heavy (non-hydrogen) atoms. The second-order valence-corrected chi connectivity index (χ2v) is 9.07. The Balaban J connectivity index is 2.14. The first kappa shape index (κ1) is 20.9. The number of nitrogens with zero attached hydrogens (tertiary/aromatic N) is 2. The minimum atomic E-state index is -3.35. The Hall–Kier alpha value is -2.87. The van der Waals surface area contributed by atoms with Crippen molar-refractivity contribution in [2.45, 2.75) is 31.7 Å². The van der Waals surface area contributed by atoms with E-state index in [-0.39, 0.29) is 23.5 Å². The number of fused-ring (bicyclic) bond motifs is 1. The molecular weight excluding hydrogens is 392 g/mol. The number of hydrogen-bond acceptors (Lipinski definition) is 5. The predicted molar refractivity (Wildman–Crippen MR) is 112 cm³/mol. The Bertz CT molecular complexity index is 1060. The fraction of sp³-hybridized carbons (Fsp3) is 0.333. The minimum absolute atomic E-state index is 0.117.